The number of carbonyl (C=O) groups is 1. The molecule has 0 saturated heterocycles. The summed E-state index contributed by atoms with van der Waals surface area (Å²) < 4.78 is 37.7. The Hall–Kier alpha value is -3.52. The predicted molar refractivity (Wildman–Crippen MR) is 111 cm³/mol. The van der Waals surface area contributed by atoms with Crippen LogP contribution in [0, 0.1) is 0 Å². The van der Waals surface area contributed by atoms with Gasteiger partial charge in [0, 0.05) is 17.3 Å². The molecule has 7 nitrogen and oxygen atoms in total. The summed E-state index contributed by atoms with van der Waals surface area (Å²) in [4.78, 5) is 12.7. The molecular weight excluding hydrogens is 392 g/mol. The molecule has 150 valence electrons. The molecule has 0 aromatic heterocycles. The van der Waals surface area contributed by atoms with E-state index in [9.17, 15) is 13.2 Å². The number of rotatable bonds is 7. The molecule has 0 saturated carbocycles. The van der Waals surface area contributed by atoms with Gasteiger partial charge < -0.3 is 14.8 Å². The van der Waals surface area contributed by atoms with E-state index in [1.807, 2.05) is 0 Å². The lowest BCUT2D eigenvalue weighted by molar-refractivity contribution is 0.102. The normalized spacial score (nSPS) is 10.8. The van der Waals surface area contributed by atoms with E-state index in [4.69, 9.17) is 9.47 Å². The van der Waals surface area contributed by atoms with Crippen molar-refractivity contribution in [2.75, 3.05) is 24.3 Å². The van der Waals surface area contributed by atoms with Crippen LogP contribution in [0.1, 0.15) is 10.4 Å². The van der Waals surface area contributed by atoms with Gasteiger partial charge in [-0.3, -0.25) is 9.52 Å². The van der Waals surface area contributed by atoms with Crippen LogP contribution >= 0.6 is 0 Å². The summed E-state index contributed by atoms with van der Waals surface area (Å²) in [5, 5.41) is 2.76. The van der Waals surface area contributed by atoms with E-state index >= 15 is 0 Å². The molecule has 0 radical (unpaired) electrons. The summed E-state index contributed by atoms with van der Waals surface area (Å²) in [7, 11) is -0.657. The Morgan fingerprint density at radius 1 is 0.862 bits per heavy atom. The van der Waals surface area contributed by atoms with Gasteiger partial charge >= 0.3 is 0 Å². The number of methoxy groups -OCH3 is 2. The average Bonchev–Trinajstić information content (AvgIpc) is 2.74. The number of carbonyl (C=O) groups excluding carboxylic acids is 1. The largest absolute Gasteiger partial charge is 0.497 e. The van der Waals surface area contributed by atoms with E-state index in [0.717, 1.165) is 0 Å². The van der Waals surface area contributed by atoms with Crippen LogP contribution in [0.2, 0.25) is 0 Å². The molecule has 3 aromatic carbocycles. The third-order valence-corrected chi connectivity index (χ3v) is 5.50. The highest BCUT2D eigenvalue weighted by atomic mass is 32.2. The molecule has 2 N–H and O–H groups in total. The summed E-state index contributed by atoms with van der Waals surface area (Å²) in [6.07, 6.45) is 0. The van der Waals surface area contributed by atoms with Crippen molar-refractivity contribution in [3.05, 3.63) is 78.4 Å². The molecular formula is C21H20N2O5S. The lowest BCUT2D eigenvalue weighted by Gasteiger charge is -2.12. The van der Waals surface area contributed by atoms with Gasteiger partial charge in [-0.05, 0) is 48.5 Å². The Kier molecular flexibility index (Phi) is 6.04. The van der Waals surface area contributed by atoms with Crippen molar-refractivity contribution in [3.8, 4) is 11.5 Å². The second kappa shape index (κ2) is 8.66. The lowest BCUT2D eigenvalue weighted by atomic mass is 10.2. The Labute approximate surface area is 169 Å². The van der Waals surface area contributed by atoms with E-state index in [2.05, 4.69) is 10.0 Å². The summed E-state index contributed by atoms with van der Waals surface area (Å²) in [5.41, 5.74) is 1.17. The van der Waals surface area contributed by atoms with Crippen LogP contribution in [0.15, 0.2) is 77.7 Å². The minimum atomic E-state index is -3.69. The first-order chi connectivity index (χ1) is 13.9. The maximum absolute atomic E-state index is 12.6. The highest BCUT2D eigenvalue weighted by Crippen LogP contribution is 2.29. The smallest absolute Gasteiger partial charge is 0.261 e. The van der Waals surface area contributed by atoms with Gasteiger partial charge in [-0.1, -0.05) is 18.2 Å². The second-order valence-electron chi connectivity index (χ2n) is 6.02. The Bertz CT molecular complexity index is 1100. The van der Waals surface area contributed by atoms with Gasteiger partial charge in [-0.15, -0.1) is 0 Å². The molecule has 0 aliphatic heterocycles. The van der Waals surface area contributed by atoms with E-state index in [1.165, 1.54) is 50.6 Å². The van der Waals surface area contributed by atoms with Crippen molar-refractivity contribution in [3.63, 3.8) is 0 Å². The van der Waals surface area contributed by atoms with Crippen molar-refractivity contribution >= 4 is 27.3 Å². The number of nitrogens with one attached hydrogen (secondary N) is 2. The van der Waals surface area contributed by atoms with Gasteiger partial charge in [-0.2, -0.15) is 0 Å². The molecule has 0 aliphatic rings. The zero-order valence-electron chi connectivity index (χ0n) is 15.9. The molecule has 0 bridgehead atoms. The zero-order valence-corrected chi connectivity index (χ0v) is 16.7. The van der Waals surface area contributed by atoms with Crippen LogP contribution in [-0.2, 0) is 10.0 Å². The maximum atomic E-state index is 12.6. The minimum Gasteiger partial charge on any atom is -0.497 e. The van der Waals surface area contributed by atoms with E-state index in [1.54, 1.807) is 36.4 Å². The van der Waals surface area contributed by atoms with Crippen molar-refractivity contribution < 1.29 is 22.7 Å². The summed E-state index contributed by atoms with van der Waals surface area (Å²) in [6, 6.07) is 19.2. The molecule has 3 rings (SSSR count). The minimum absolute atomic E-state index is 0.159. The monoisotopic (exact) mass is 412 g/mol. The van der Waals surface area contributed by atoms with Gasteiger partial charge in [-0.25, -0.2) is 8.42 Å². The van der Waals surface area contributed by atoms with Gasteiger partial charge in [0.1, 0.15) is 11.5 Å². The maximum Gasteiger partial charge on any atom is 0.261 e. The number of amides is 1. The van der Waals surface area contributed by atoms with Crippen molar-refractivity contribution in [2.45, 2.75) is 4.90 Å². The van der Waals surface area contributed by atoms with Gasteiger partial charge in [0.15, 0.2) is 0 Å². The number of hydrogen-bond acceptors (Lipinski definition) is 5. The number of sulfonamides is 1. The fourth-order valence-electron chi connectivity index (χ4n) is 2.61. The zero-order chi connectivity index (χ0) is 20.9. The molecule has 3 aromatic rings. The van der Waals surface area contributed by atoms with Crippen LogP contribution in [0.3, 0.4) is 0 Å². The standard InChI is InChI=1S/C21H20N2O5S/c1-27-17-12-13-20(28-2)19(14-17)22-21(24)15-8-10-16(11-9-15)23-29(25,26)18-6-4-3-5-7-18/h3-14,23H,1-2H3,(H,22,24). The number of anilines is 2. The molecule has 0 unspecified atom stereocenters. The Morgan fingerprint density at radius 2 is 1.55 bits per heavy atom. The quantitative estimate of drug-likeness (QED) is 0.616. The van der Waals surface area contributed by atoms with E-state index < -0.39 is 10.0 Å². The third kappa shape index (κ3) is 4.85. The first-order valence-electron chi connectivity index (χ1n) is 8.64. The second-order valence-corrected chi connectivity index (χ2v) is 7.70. The highest BCUT2D eigenvalue weighted by Gasteiger charge is 2.15. The summed E-state index contributed by atoms with van der Waals surface area (Å²) in [5.74, 6) is 0.701. The van der Waals surface area contributed by atoms with E-state index in [0.29, 0.717) is 28.4 Å². The first-order valence-corrected chi connectivity index (χ1v) is 10.1. The summed E-state index contributed by atoms with van der Waals surface area (Å²) in [6.45, 7) is 0. The van der Waals surface area contributed by atoms with Crippen LogP contribution in [0.5, 0.6) is 11.5 Å². The fraction of sp³-hybridized carbons (Fsp3) is 0.0952. The van der Waals surface area contributed by atoms with Gasteiger partial charge in [0.25, 0.3) is 15.9 Å². The van der Waals surface area contributed by atoms with Crippen molar-refractivity contribution in [2.24, 2.45) is 0 Å². The lowest BCUT2D eigenvalue weighted by Crippen LogP contribution is -2.14. The van der Waals surface area contributed by atoms with Crippen molar-refractivity contribution in [1.82, 2.24) is 0 Å². The fourth-order valence-corrected chi connectivity index (χ4v) is 3.69. The number of ether oxygens (including phenoxy) is 2. The van der Waals surface area contributed by atoms with Gasteiger partial charge in [0.05, 0.1) is 24.8 Å². The average molecular weight is 412 g/mol. The molecule has 1 amide bonds. The van der Waals surface area contributed by atoms with Crippen LogP contribution < -0.4 is 19.5 Å². The van der Waals surface area contributed by atoms with Gasteiger partial charge in [0.2, 0.25) is 0 Å². The highest BCUT2D eigenvalue weighted by molar-refractivity contribution is 7.92. The molecule has 0 atom stereocenters. The van der Waals surface area contributed by atoms with Crippen LogP contribution in [0.25, 0.3) is 0 Å². The first kappa shape index (κ1) is 20.2. The predicted octanol–water partition coefficient (Wildman–Crippen LogP) is 3.76. The molecule has 0 spiro atoms. The SMILES string of the molecule is COc1ccc(OC)c(NC(=O)c2ccc(NS(=O)(=O)c3ccccc3)cc2)c1. The summed E-state index contributed by atoms with van der Waals surface area (Å²) >= 11 is 0. The Balaban J connectivity index is 1.74. The van der Waals surface area contributed by atoms with E-state index in [-0.39, 0.29) is 10.8 Å². The van der Waals surface area contributed by atoms with Crippen LogP contribution in [0.4, 0.5) is 11.4 Å². The Morgan fingerprint density at radius 3 is 2.17 bits per heavy atom. The molecule has 29 heavy (non-hydrogen) atoms. The molecule has 8 heteroatoms. The van der Waals surface area contributed by atoms with Crippen LogP contribution in [-0.4, -0.2) is 28.5 Å². The molecule has 0 fully saturated rings. The molecule has 0 aliphatic carbocycles. The number of hydrogen-bond donors (Lipinski definition) is 2. The number of benzene rings is 3. The van der Waals surface area contributed by atoms with Crippen molar-refractivity contribution in [1.29, 1.82) is 0 Å². The topological polar surface area (TPSA) is 93.7 Å². The third-order valence-electron chi connectivity index (χ3n) is 4.11. The molecule has 0 heterocycles.